The van der Waals surface area contributed by atoms with Gasteiger partial charge in [0.2, 0.25) is 0 Å². The van der Waals surface area contributed by atoms with Gasteiger partial charge in [0.1, 0.15) is 0 Å². The number of benzene rings is 2. The van der Waals surface area contributed by atoms with Gasteiger partial charge in [0.05, 0.1) is 0 Å². The lowest BCUT2D eigenvalue weighted by molar-refractivity contribution is 0.671. The van der Waals surface area contributed by atoms with Crippen molar-refractivity contribution in [2.75, 3.05) is 0 Å². The summed E-state index contributed by atoms with van der Waals surface area (Å²) in [5.41, 5.74) is 15.0. The van der Waals surface area contributed by atoms with Gasteiger partial charge < -0.3 is 11.5 Å². The van der Waals surface area contributed by atoms with Crippen LogP contribution >= 0.6 is 0 Å². The van der Waals surface area contributed by atoms with Gasteiger partial charge in [-0.3, -0.25) is 0 Å². The Morgan fingerprint density at radius 2 is 0.952 bits per heavy atom. The van der Waals surface area contributed by atoms with Crippen LogP contribution in [0.15, 0.2) is 60.7 Å². The van der Waals surface area contributed by atoms with Crippen LogP contribution in [0.2, 0.25) is 0 Å². The number of hydrogen-bond acceptors (Lipinski definition) is 2. The maximum absolute atomic E-state index is 6.42. The van der Waals surface area contributed by atoms with E-state index >= 15 is 0 Å². The molecule has 5 radical (unpaired) electrons. The largest absolute Gasteiger partial charge is 0.323 e. The third-order valence-electron chi connectivity index (χ3n) is 3.87. The zero-order valence-corrected chi connectivity index (χ0v) is 11.8. The second-order valence-electron chi connectivity index (χ2n) is 5.21. The van der Waals surface area contributed by atoms with Crippen LogP contribution in [0, 0.1) is 31.1 Å². The zero-order valence-electron chi connectivity index (χ0n) is 11.8. The summed E-state index contributed by atoms with van der Waals surface area (Å²) in [4.78, 5) is 0. The lowest BCUT2D eigenvalue weighted by Crippen LogP contribution is -2.29. The van der Waals surface area contributed by atoms with Crippen molar-refractivity contribution in [3.8, 4) is 0 Å². The van der Waals surface area contributed by atoms with E-state index in [9.17, 15) is 0 Å². The predicted molar refractivity (Wildman–Crippen MR) is 86.1 cm³/mol. The normalized spacial score (nSPS) is 19.5. The molecule has 2 atom stereocenters. The van der Waals surface area contributed by atoms with E-state index in [0.29, 0.717) is 0 Å². The van der Waals surface area contributed by atoms with Gasteiger partial charge in [0, 0.05) is 23.9 Å². The van der Waals surface area contributed by atoms with E-state index in [0.717, 1.165) is 23.0 Å². The fourth-order valence-electron chi connectivity index (χ4n) is 2.69. The molecule has 2 heteroatoms. The van der Waals surface area contributed by atoms with Crippen LogP contribution in [0.5, 0.6) is 0 Å². The van der Waals surface area contributed by atoms with Gasteiger partial charge in [0.25, 0.3) is 0 Å². The first-order valence-electron chi connectivity index (χ1n) is 7.14. The minimum atomic E-state index is -0.147. The van der Waals surface area contributed by atoms with Crippen molar-refractivity contribution >= 4 is 0 Å². The highest BCUT2D eigenvalue weighted by Crippen LogP contribution is 2.46. The van der Waals surface area contributed by atoms with Crippen molar-refractivity contribution in [3.63, 3.8) is 0 Å². The summed E-state index contributed by atoms with van der Waals surface area (Å²) < 4.78 is 0. The van der Waals surface area contributed by atoms with Gasteiger partial charge in [-0.25, -0.2) is 0 Å². The van der Waals surface area contributed by atoms with Gasteiger partial charge >= 0.3 is 0 Å². The Labute approximate surface area is 127 Å². The molecule has 1 aliphatic rings. The van der Waals surface area contributed by atoms with Gasteiger partial charge in [-0.1, -0.05) is 60.7 Å². The summed E-state index contributed by atoms with van der Waals surface area (Å²) in [6, 6.07) is 19.9. The topological polar surface area (TPSA) is 52.0 Å². The Bertz CT molecular complexity index is 501. The fraction of sp³-hybridized carbons (Fsp3) is 0.105. The highest BCUT2D eigenvalue weighted by molar-refractivity contribution is 5.52. The van der Waals surface area contributed by atoms with Crippen LogP contribution in [-0.2, 0) is 0 Å². The van der Waals surface area contributed by atoms with Gasteiger partial charge in [-0.15, -0.1) is 0 Å². The number of rotatable bonds is 4. The Kier molecular flexibility index (Phi) is 4.37. The van der Waals surface area contributed by atoms with Crippen molar-refractivity contribution in [1.29, 1.82) is 0 Å². The molecule has 1 aliphatic carbocycles. The van der Waals surface area contributed by atoms with E-state index in [-0.39, 0.29) is 12.1 Å². The standard InChI is InChI=1S/C19H19N2/c20-18(14-8-3-1-4-9-14)16-12-7-13-17(16)19(21)15-10-5-2-6-11-15/h1-13,18-19H,20-21H2/t18-,19-/m0/s1. The molecule has 2 aromatic rings. The molecule has 0 aliphatic heterocycles. The SMILES string of the molecule is N[C@H]([C]1[CH][CH][CH][C]1[C@@H](N)c1ccccc1)c1ccccc1. The summed E-state index contributed by atoms with van der Waals surface area (Å²) >= 11 is 0. The Morgan fingerprint density at radius 1 is 0.571 bits per heavy atom. The molecule has 0 spiro atoms. The Hall–Kier alpha value is -1.64. The summed E-state index contributed by atoms with van der Waals surface area (Å²) in [5, 5.41) is 0. The van der Waals surface area contributed by atoms with Crippen molar-refractivity contribution in [1.82, 2.24) is 0 Å². The summed E-state index contributed by atoms with van der Waals surface area (Å²) in [6.45, 7) is 0. The monoisotopic (exact) mass is 275 g/mol. The maximum atomic E-state index is 6.42. The lowest BCUT2D eigenvalue weighted by atomic mass is 9.79. The average molecular weight is 275 g/mol. The summed E-state index contributed by atoms with van der Waals surface area (Å²) in [7, 11) is 0. The molecule has 0 aromatic heterocycles. The molecule has 1 saturated carbocycles. The molecule has 0 heterocycles. The second-order valence-corrected chi connectivity index (χ2v) is 5.21. The minimum Gasteiger partial charge on any atom is -0.323 e. The third-order valence-corrected chi connectivity index (χ3v) is 3.87. The van der Waals surface area contributed by atoms with Crippen molar-refractivity contribution < 1.29 is 0 Å². The second kappa shape index (κ2) is 6.42. The molecular formula is C19H19N2. The molecule has 21 heavy (non-hydrogen) atoms. The quantitative estimate of drug-likeness (QED) is 0.900. The highest BCUT2D eigenvalue weighted by Gasteiger charge is 2.38. The van der Waals surface area contributed by atoms with Crippen molar-refractivity contribution in [2.24, 2.45) is 11.5 Å². The van der Waals surface area contributed by atoms with E-state index in [2.05, 4.69) is 37.1 Å². The van der Waals surface area contributed by atoms with Gasteiger partial charge in [-0.2, -0.15) is 0 Å². The number of nitrogens with two attached hydrogens (primary N) is 2. The molecule has 2 nitrogen and oxygen atoms in total. The van der Waals surface area contributed by atoms with E-state index in [1.165, 1.54) is 0 Å². The fourth-order valence-corrected chi connectivity index (χ4v) is 2.69. The van der Waals surface area contributed by atoms with Crippen LogP contribution in [0.4, 0.5) is 0 Å². The molecule has 105 valence electrons. The van der Waals surface area contributed by atoms with Crippen molar-refractivity contribution in [2.45, 2.75) is 12.1 Å². The maximum Gasteiger partial charge on any atom is 0.0367 e. The van der Waals surface area contributed by atoms with E-state index in [1.807, 2.05) is 42.8 Å². The van der Waals surface area contributed by atoms with Crippen molar-refractivity contribution in [3.05, 3.63) is 103 Å². The minimum absolute atomic E-state index is 0.147. The smallest absolute Gasteiger partial charge is 0.0367 e. The predicted octanol–water partition coefficient (Wildman–Crippen LogP) is 3.16. The summed E-state index contributed by atoms with van der Waals surface area (Å²) in [5.74, 6) is 2.19. The van der Waals surface area contributed by atoms with Crippen LogP contribution in [0.3, 0.4) is 0 Å². The molecule has 2 aromatic carbocycles. The molecule has 4 N–H and O–H groups in total. The Balaban J connectivity index is 1.79. The Morgan fingerprint density at radius 3 is 1.33 bits per heavy atom. The molecule has 0 saturated heterocycles. The summed E-state index contributed by atoms with van der Waals surface area (Å²) in [6.07, 6.45) is 6.15. The lowest BCUT2D eigenvalue weighted by Gasteiger charge is -2.29. The van der Waals surface area contributed by atoms with Crippen LogP contribution in [-0.4, -0.2) is 0 Å². The highest BCUT2D eigenvalue weighted by atomic mass is 14.7. The van der Waals surface area contributed by atoms with E-state index in [1.54, 1.807) is 0 Å². The molecular weight excluding hydrogens is 256 g/mol. The molecule has 3 rings (SSSR count). The molecule has 0 unspecified atom stereocenters. The van der Waals surface area contributed by atoms with Crippen LogP contribution in [0.25, 0.3) is 0 Å². The first kappa shape index (κ1) is 14.3. The van der Waals surface area contributed by atoms with E-state index in [4.69, 9.17) is 11.5 Å². The molecule has 1 fully saturated rings. The molecule has 0 amide bonds. The third kappa shape index (κ3) is 3.02. The van der Waals surface area contributed by atoms with E-state index < -0.39 is 0 Å². The van der Waals surface area contributed by atoms with Crippen LogP contribution in [0.1, 0.15) is 23.2 Å². The van der Waals surface area contributed by atoms with Gasteiger partial charge in [0.15, 0.2) is 0 Å². The first-order valence-corrected chi connectivity index (χ1v) is 7.14. The molecule has 0 bridgehead atoms. The van der Waals surface area contributed by atoms with Gasteiger partial charge in [-0.05, 0) is 30.4 Å². The zero-order chi connectivity index (χ0) is 14.7. The average Bonchev–Trinajstić information content (AvgIpc) is 3.04. The number of hydrogen-bond donors (Lipinski definition) is 2. The first-order chi connectivity index (χ1) is 10.3. The van der Waals surface area contributed by atoms with Crippen LogP contribution < -0.4 is 11.5 Å².